The first-order chi connectivity index (χ1) is 17.5. The topological polar surface area (TPSA) is 102 Å². The number of thiophene rings is 1. The van der Waals surface area contributed by atoms with Crippen LogP contribution in [-0.2, 0) is 17.9 Å². The van der Waals surface area contributed by atoms with Crippen molar-refractivity contribution in [3.05, 3.63) is 81.5 Å². The summed E-state index contributed by atoms with van der Waals surface area (Å²) in [5.74, 6) is -3.28. The van der Waals surface area contributed by atoms with Crippen molar-refractivity contribution in [2.75, 3.05) is 20.2 Å². The number of amides is 1. The second-order valence-corrected chi connectivity index (χ2v) is 8.25. The Balaban J connectivity index is 0.000000604. The number of methoxy groups -OCH3 is 1. The molecule has 0 aliphatic heterocycles. The summed E-state index contributed by atoms with van der Waals surface area (Å²) < 4.78 is 69.6. The van der Waals surface area contributed by atoms with Gasteiger partial charge in [-0.25, -0.2) is 13.6 Å². The molecule has 3 N–H and O–H groups in total. The zero-order chi connectivity index (χ0) is 27.6. The molecule has 3 rings (SSSR count). The molecule has 0 saturated heterocycles. The standard InChI is InChI=1S/C22H22F2N2O3S.C2HF3O2/c1-28-20-11-15(13-26(9-8-25)22(27)21-3-2-10-30-21)4-7-19(20)29-14-16-5-6-17(23)12-18(16)24;3-2(4,5)1(6)7/h2-7,10-12H,8-9,13-14,25H2,1H3;(H,6,7). The summed E-state index contributed by atoms with van der Waals surface area (Å²) in [6.07, 6.45) is -5.08. The van der Waals surface area contributed by atoms with Gasteiger partial charge in [0, 0.05) is 31.3 Å². The minimum Gasteiger partial charge on any atom is -0.493 e. The lowest BCUT2D eigenvalue weighted by Gasteiger charge is -2.22. The van der Waals surface area contributed by atoms with Gasteiger partial charge in [-0.1, -0.05) is 12.1 Å². The number of carbonyl (C=O) groups is 2. The third kappa shape index (κ3) is 9.03. The first-order valence-electron chi connectivity index (χ1n) is 10.5. The molecule has 0 fully saturated rings. The molecular formula is C24H23F5N2O5S. The fourth-order valence-corrected chi connectivity index (χ4v) is 3.60. The van der Waals surface area contributed by atoms with Gasteiger partial charge in [0.15, 0.2) is 11.5 Å². The molecule has 0 unspecified atom stereocenters. The van der Waals surface area contributed by atoms with Crippen LogP contribution in [0.3, 0.4) is 0 Å². The van der Waals surface area contributed by atoms with E-state index in [1.54, 1.807) is 23.1 Å². The third-order valence-corrected chi connectivity index (χ3v) is 5.52. The Bertz CT molecular complexity index is 1190. The van der Waals surface area contributed by atoms with Gasteiger partial charge < -0.3 is 25.2 Å². The van der Waals surface area contributed by atoms with E-state index >= 15 is 0 Å². The zero-order valence-electron chi connectivity index (χ0n) is 19.4. The number of aliphatic carboxylic acids is 1. The Morgan fingerprint density at radius 1 is 1.08 bits per heavy atom. The fourth-order valence-electron chi connectivity index (χ4n) is 2.91. The first-order valence-corrected chi connectivity index (χ1v) is 11.4. The Morgan fingerprint density at radius 2 is 1.78 bits per heavy atom. The summed E-state index contributed by atoms with van der Waals surface area (Å²) in [6, 6.07) is 12.2. The summed E-state index contributed by atoms with van der Waals surface area (Å²) in [4.78, 5) is 23.9. The molecule has 0 saturated carbocycles. The number of ether oxygens (including phenoxy) is 2. The van der Waals surface area contributed by atoms with Gasteiger partial charge in [0.2, 0.25) is 0 Å². The number of carboxylic acids is 1. The highest BCUT2D eigenvalue weighted by Crippen LogP contribution is 2.30. The van der Waals surface area contributed by atoms with Crippen LogP contribution < -0.4 is 15.2 Å². The van der Waals surface area contributed by atoms with E-state index in [0.29, 0.717) is 36.0 Å². The average Bonchev–Trinajstić information content (AvgIpc) is 3.38. The maximum absolute atomic E-state index is 13.8. The third-order valence-electron chi connectivity index (χ3n) is 4.66. The maximum atomic E-state index is 13.8. The lowest BCUT2D eigenvalue weighted by atomic mass is 10.1. The van der Waals surface area contributed by atoms with Crippen LogP contribution in [0.15, 0.2) is 53.9 Å². The number of alkyl halides is 3. The van der Waals surface area contributed by atoms with Crippen molar-refractivity contribution < 1.29 is 46.1 Å². The van der Waals surface area contributed by atoms with Crippen molar-refractivity contribution in [3.8, 4) is 11.5 Å². The molecule has 0 aliphatic rings. The summed E-state index contributed by atoms with van der Waals surface area (Å²) in [5.41, 5.74) is 6.75. The molecule has 2 aromatic carbocycles. The van der Waals surface area contributed by atoms with Gasteiger partial charge in [0.1, 0.15) is 18.2 Å². The van der Waals surface area contributed by atoms with Crippen molar-refractivity contribution in [2.45, 2.75) is 19.3 Å². The molecule has 13 heteroatoms. The smallest absolute Gasteiger partial charge is 0.490 e. The molecule has 0 spiro atoms. The number of hydrogen-bond donors (Lipinski definition) is 2. The van der Waals surface area contributed by atoms with Crippen LogP contribution in [-0.4, -0.2) is 48.3 Å². The number of nitrogens with zero attached hydrogens (tertiary/aromatic N) is 1. The van der Waals surface area contributed by atoms with E-state index in [2.05, 4.69) is 0 Å². The van der Waals surface area contributed by atoms with E-state index in [0.717, 1.165) is 11.6 Å². The van der Waals surface area contributed by atoms with Crippen molar-refractivity contribution in [3.63, 3.8) is 0 Å². The Morgan fingerprint density at radius 3 is 2.32 bits per heavy atom. The molecule has 37 heavy (non-hydrogen) atoms. The SMILES string of the molecule is COc1cc(CN(CCN)C(=O)c2cccs2)ccc1OCc1ccc(F)cc1F.O=C(O)C(F)(F)F. The highest BCUT2D eigenvalue weighted by atomic mass is 32.1. The maximum Gasteiger partial charge on any atom is 0.490 e. The van der Waals surface area contributed by atoms with Gasteiger partial charge in [-0.2, -0.15) is 13.2 Å². The van der Waals surface area contributed by atoms with Gasteiger partial charge in [-0.05, 0) is 41.3 Å². The minimum atomic E-state index is -5.08. The van der Waals surface area contributed by atoms with Gasteiger partial charge in [0.25, 0.3) is 5.91 Å². The quantitative estimate of drug-likeness (QED) is 0.372. The first kappa shape index (κ1) is 29.5. The van der Waals surface area contributed by atoms with Crippen molar-refractivity contribution >= 4 is 23.2 Å². The van der Waals surface area contributed by atoms with E-state index in [-0.39, 0.29) is 18.1 Å². The highest BCUT2D eigenvalue weighted by molar-refractivity contribution is 7.12. The Labute approximate surface area is 212 Å². The molecule has 7 nitrogen and oxygen atoms in total. The van der Waals surface area contributed by atoms with Crippen LogP contribution in [0.2, 0.25) is 0 Å². The summed E-state index contributed by atoms with van der Waals surface area (Å²) >= 11 is 1.38. The lowest BCUT2D eigenvalue weighted by molar-refractivity contribution is -0.192. The molecule has 1 aromatic heterocycles. The number of benzene rings is 2. The van der Waals surface area contributed by atoms with Crippen LogP contribution >= 0.6 is 11.3 Å². The number of carboxylic acid groups (broad SMARTS) is 1. The van der Waals surface area contributed by atoms with E-state index in [1.165, 1.54) is 30.6 Å². The summed E-state index contributed by atoms with van der Waals surface area (Å²) in [6.45, 7) is 1.05. The molecule has 200 valence electrons. The minimum absolute atomic E-state index is 0.0714. The molecule has 0 aliphatic carbocycles. The predicted molar refractivity (Wildman–Crippen MR) is 125 cm³/mol. The van der Waals surface area contributed by atoms with E-state index in [1.807, 2.05) is 17.5 Å². The largest absolute Gasteiger partial charge is 0.493 e. The molecule has 0 bridgehead atoms. The Hall–Kier alpha value is -3.71. The average molecular weight is 547 g/mol. The number of carbonyl (C=O) groups excluding carboxylic acids is 1. The second-order valence-electron chi connectivity index (χ2n) is 7.31. The van der Waals surface area contributed by atoms with E-state index < -0.39 is 23.8 Å². The number of nitrogens with two attached hydrogens (primary N) is 1. The van der Waals surface area contributed by atoms with Crippen molar-refractivity contribution in [1.29, 1.82) is 0 Å². The van der Waals surface area contributed by atoms with E-state index in [4.69, 9.17) is 25.1 Å². The molecule has 1 heterocycles. The summed E-state index contributed by atoms with van der Waals surface area (Å²) in [7, 11) is 1.50. The molecule has 0 radical (unpaired) electrons. The fraction of sp³-hybridized carbons (Fsp3) is 0.250. The van der Waals surface area contributed by atoms with Gasteiger partial charge >= 0.3 is 12.1 Å². The Kier molecular flexibility index (Phi) is 10.8. The van der Waals surface area contributed by atoms with Gasteiger partial charge in [0.05, 0.1) is 12.0 Å². The highest BCUT2D eigenvalue weighted by Gasteiger charge is 2.38. The van der Waals surface area contributed by atoms with Crippen LogP contribution in [0, 0.1) is 11.6 Å². The monoisotopic (exact) mass is 546 g/mol. The number of rotatable bonds is 9. The normalized spacial score (nSPS) is 10.8. The van der Waals surface area contributed by atoms with Crippen LogP contribution in [0.4, 0.5) is 22.0 Å². The lowest BCUT2D eigenvalue weighted by Crippen LogP contribution is -2.34. The van der Waals surface area contributed by atoms with Crippen LogP contribution in [0.25, 0.3) is 0 Å². The molecule has 0 atom stereocenters. The molecule has 3 aromatic rings. The molecular weight excluding hydrogens is 523 g/mol. The predicted octanol–water partition coefficient (Wildman–Crippen LogP) is 4.85. The van der Waals surface area contributed by atoms with Crippen molar-refractivity contribution in [1.82, 2.24) is 4.90 Å². The van der Waals surface area contributed by atoms with Gasteiger partial charge in [-0.3, -0.25) is 4.79 Å². The molecule has 1 amide bonds. The summed E-state index contributed by atoms with van der Waals surface area (Å²) in [5, 5.41) is 8.98. The van der Waals surface area contributed by atoms with Gasteiger partial charge in [-0.15, -0.1) is 11.3 Å². The van der Waals surface area contributed by atoms with Crippen LogP contribution in [0.5, 0.6) is 11.5 Å². The van der Waals surface area contributed by atoms with Crippen LogP contribution in [0.1, 0.15) is 20.8 Å². The van der Waals surface area contributed by atoms with Crippen molar-refractivity contribution in [2.24, 2.45) is 5.73 Å². The zero-order valence-corrected chi connectivity index (χ0v) is 20.2. The van der Waals surface area contributed by atoms with E-state index in [9.17, 15) is 26.7 Å². The second kappa shape index (κ2) is 13.6. The number of halogens is 5. The number of hydrogen-bond acceptors (Lipinski definition) is 6.